The number of carbonyl (C=O) groups is 1. The monoisotopic (exact) mass is 512 g/mol. The van der Waals surface area contributed by atoms with Crippen LogP contribution in [0.25, 0.3) is 0 Å². The van der Waals surface area contributed by atoms with E-state index in [1.54, 1.807) is 4.90 Å². The van der Waals surface area contributed by atoms with Gasteiger partial charge in [-0.05, 0) is 49.2 Å². The van der Waals surface area contributed by atoms with Crippen molar-refractivity contribution in [2.45, 2.75) is 24.2 Å². The molecular weight excluding hydrogens is 485 g/mol. The topological polar surface area (TPSA) is 76.2 Å². The third-order valence-corrected chi connectivity index (χ3v) is 8.50. The molecule has 2 saturated heterocycles. The number of hydrogen-bond donors (Lipinski definition) is 0. The molecule has 4 rings (SSSR count). The van der Waals surface area contributed by atoms with Gasteiger partial charge in [0, 0.05) is 38.0 Å². The lowest BCUT2D eigenvalue weighted by Gasteiger charge is -2.41. The lowest BCUT2D eigenvalue weighted by molar-refractivity contribution is -0.139. The van der Waals surface area contributed by atoms with Gasteiger partial charge in [0.1, 0.15) is 23.2 Å². The molecule has 2 heterocycles. The molecule has 2 fully saturated rings. The molecule has 0 aliphatic carbocycles. The van der Waals surface area contributed by atoms with E-state index in [0.717, 1.165) is 22.5 Å². The molecule has 0 saturated carbocycles. The van der Waals surface area contributed by atoms with E-state index in [1.165, 1.54) is 24.3 Å². The number of halogens is 3. The molecule has 2 aliphatic heterocycles. The number of morpholine rings is 1. The highest BCUT2D eigenvalue weighted by atomic mass is 32.2. The summed E-state index contributed by atoms with van der Waals surface area (Å²) < 4.78 is 79.9. The van der Waals surface area contributed by atoms with Crippen molar-refractivity contribution in [1.29, 1.82) is 0 Å². The lowest BCUT2D eigenvalue weighted by atomic mass is 9.76. The second kappa shape index (κ2) is 10.5. The molecule has 190 valence electrons. The highest BCUT2D eigenvalue weighted by Crippen LogP contribution is 2.38. The van der Waals surface area contributed by atoms with E-state index >= 15 is 0 Å². The molecule has 0 spiro atoms. The van der Waals surface area contributed by atoms with Crippen LogP contribution in [-0.4, -0.2) is 69.5 Å². The number of nitrogens with zero attached hydrogens (tertiary/aromatic N) is 2. The number of rotatable bonds is 7. The Labute approximate surface area is 202 Å². The third-order valence-electron chi connectivity index (χ3n) is 6.55. The number of hydrogen-bond acceptors (Lipinski definition) is 5. The van der Waals surface area contributed by atoms with Crippen molar-refractivity contribution in [1.82, 2.24) is 9.21 Å². The van der Waals surface area contributed by atoms with Crippen molar-refractivity contribution in [3.05, 3.63) is 59.9 Å². The van der Waals surface area contributed by atoms with Crippen LogP contribution in [-0.2, 0) is 19.6 Å². The number of piperidine rings is 1. The summed E-state index contributed by atoms with van der Waals surface area (Å²) >= 11 is 0. The molecule has 2 aromatic carbocycles. The normalized spacial score (nSPS) is 18.9. The number of amides is 1. The van der Waals surface area contributed by atoms with E-state index in [1.807, 2.05) is 0 Å². The minimum absolute atomic E-state index is 0.0285. The van der Waals surface area contributed by atoms with Gasteiger partial charge in [-0.3, -0.25) is 4.79 Å². The fraction of sp³-hybridized carbons (Fsp3) is 0.458. The minimum atomic E-state index is -4.41. The van der Waals surface area contributed by atoms with Crippen molar-refractivity contribution in [3.63, 3.8) is 0 Å². The van der Waals surface area contributed by atoms with Crippen molar-refractivity contribution in [2.75, 3.05) is 46.0 Å². The predicted octanol–water partition coefficient (Wildman–Crippen LogP) is 3.20. The molecule has 0 atom stereocenters. The van der Waals surface area contributed by atoms with Crippen LogP contribution in [0.3, 0.4) is 0 Å². The molecule has 35 heavy (non-hydrogen) atoms. The first kappa shape index (κ1) is 25.5. The Morgan fingerprint density at radius 2 is 1.54 bits per heavy atom. The summed E-state index contributed by atoms with van der Waals surface area (Å²) in [4.78, 5) is 13.8. The third kappa shape index (κ3) is 5.79. The van der Waals surface area contributed by atoms with Gasteiger partial charge < -0.3 is 14.4 Å². The van der Waals surface area contributed by atoms with Crippen molar-refractivity contribution >= 4 is 15.9 Å². The number of sulfonamides is 1. The first-order chi connectivity index (χ1) is 16.7. The minimum Gasteiger partial charge on any atom is -0.493 e. The average molecular weight is 513 g/mol. The van der Waals surface area contributed by atoms with Gasteiger partial charge in [-0.1, -0.05) is 6.07 Å². The van der Waals surface area contributed by atoms with Gasteiger partial charge >= 0.3 is 0 Å². The summed E-state index contributed by atoms with van der Waals surface area (Å²) in [5, 5.41) is 0. The Hall–Kier alpha value is -2.63. The first-order valence-corrected chi connectivity index (χ1v) is 12.8. The number of carbonyl (C=O) groups excluding carboxylic acids is 1. The smallest absolute Gasteiger partial charge is 0.248 e. The van der Waals surface area contributed by atoms with Crippen molar-refractivity contribution < 1.29 is 35.9 Å². The molecular formula is C24H27F3N2O5S. The predicted molar refractivity (Wildman–Crippen MR) is 121 cm³/mol. The summed E-state index contributed by atoms with van der Waals surface area (Å²) in [6.07, 6.45) is 0.620. The Morgan fingerprint density at radius 1 is 0.943 bits per heavy atom. The number of ether oxygens (including phenoxy) is 2. The van der Waals surface area contributed by atoms with E-state index in [0.29, 0.717) is 32.1 Å². The fourth-order valence-electron chi connectivity index (χ4n) is 4.44. The van der Waals surface area contributed by atoms with Gasteiger partial charge in [-0.25, -0.2) is 21.6 Å². The molecule has 11 heteroatoms. The van der Waals surface area contributed by atoms with Gasteiger partial charge in [-0.15, -0.1) is 0 Å². The summed E-state index contributed by atoms with van der Waals surface area (Å²) in [5.74, 6) is -2.37. The van der Waals surface area contributed by atoms with Crippen LogP contribution < -0.4 is 4.74 Å². The largest absolute Gasteiger partial charge is 0.493 e. The van der Waals surface area contributed by atoms with Gasteiger partial charge in [0.05, 0.1) is 19.8 Å². The van der Waals surface area contributed by atoms with Gasteiger partial charge in [-0.2, -0.15) is 4.31 Å². The van der Waals surface area contributed by atoms with Crippen LogP contribution in [0.5, 0.6) is 5.75 Å². The van der Waals surface area contributed by atoms with Crippen molar-refractivity contribution in [3.8, 4) is 5.75 Å². The van der Waals surface area contributed by atoms with Crippen LogP contribution in [0, 0.1) is 22.9 Å². The Bertz CT molecular complexity index is 1130. The lowest BCUT2D eigenvalue weighted by Crippen LogP contribution is -2.49. The van der Waals surface area contributed by atoms with Crippen LogP contribution in [0.4, 0.5) is 13.2 Å². The summed E-state index contributed by atoms with van der Waals surface area (Å²) in [5.41, 5.74) is -0.705. The van der Waals surface area contributed by atoms with Crippen LogP contribution in [0.1, 0.15) is 19.3 Å². The van der Waals surface area contributed by atoms with E-state index in [-0.39, 0.29) is 44.9 Å². The molecule has 2 aromatic rings. The van der Waals surface area contributed by atoms with Crippen molar-refractivity contribution in [2.24, 2.45) is 5.41 Å². The van der Waals surface area contributed by atoms with E-state index < -0.39 is 37.8 Å². The zero-order chi connectivity index (χ0) is 25.1. The second-order valence-corrected chi connectivity index (χ2v) is 10.7. The highest BCUT2D eigenvalue weighted by Gasteiger charge is 2.42. The van der Waals surface area contributed by atoms with Gasteiger partial charge in [0.25, 0.3) is 0 Å². The second-order valence-electron chi connectivity index (χ2n) is 8.87. The Balaban J connectivity index is 1.51. The fourth-order valence-corrected chi connectivity index (χ4v) is 5.99. The first-order valence-electron chi connectivity index (χ1n) is 11.4. The maximum Gasteiger partial charge on any atom is 0.248 e. The summed E-state index contributed by atoms with van der Waals surface area (Å²) in [7, 11) is -4.41. The standard InChI is InChI=1S/C24H27F3N2O5S/c25-18-4-6-19(7-5-18)34-17-24(16-22(30)28-12-14-33-15-13-28)8-10-29(11-9-24)35(31,32)23-20(26)2-1-3-21(23)27/h1-7H,8-17H2. The molecule has 0 unspecified atom stereocenters. The van der Waals surface area contributed by atoms with E-state index in [9.17, 15) is 26.4 Å². The summed E-state index contributed by atoms with van der Waals surface area (Å²) in [6.45, 7) is 1.90. The molecule has 0 radical (unpaired) electrons. The van der Waals surface area contributed by atoms with Gasteiger partial charge in [0.2, 0.25) is 15.9 Å². The zero-order valence-corrected chi connectivity index (χ0v) is 19.9. The molecule has 2 aliphatic rings. The van der Waals surface area contributed by atoms with Crippen LogP contribution in [0.15, 0.2) is 47.4 Å². The SMILES string of the molecule is O=C(CC1(COc2ccc(F)cc2)CCN(S(=O)(=O)c2c(F)cccc2F)CC1)N1CCOCC1. The van der Waals surface area contributed by atoms with Crippen LogP contribution >= 0.6 is 0 Å². The molecule has 0 N–H and O–H groups in total. The molecule has 7 nitrogen and oxygen atoms in total. The number of benzene rings is 2. The maximum atomic E-state index is 14.2. The average Bonchev–Trinajstić information content (AvgIpc) is 2.84. The van der Waals surface area contributed by atoms with E-state index in [2.05, 4.69) is 0 Å². The maximum absolute atomic E-state index is 14.2. The summed E-state index contributed by atoms with van der Waals surface area (Å²) in [6, 6.07) is 8.40. The molecule has 0 bridgehead atoms. The van der Waals surface area contributed by atoms with E-state index in [4.69, 9.17) is 9.47 Å². The Morgan fingerprint density at radius 3 is 2.14 bits per heavy atom. The quantitative estimate of drug-likeness (QED) is 0.570. The highest BCUT2D eigenvalue weighted by molar-refractivity contribution is 7.89. The molecule has 0 aromatic heterocycles. The Kier molecular flexibility index (Phi) is 7.67. The van der Waals surface area contributed by atoms with Gasteiger partial charge in [0.15, 0.2) is 4.90 Å². The molecule has 1 amide bonds. The van der Waals surface area contributed by atoms with Crippen LogP contribution in [0.2, 0.25) is 0 Å². The zero-order valence-electron chi connectivity index (χ0n) is 19.1.